The Morgan fingerprint density at radius 1 is 1.21 bits per heavy atom. The molecular weight excluding hydrogens is 362 g/mol. The second kappa shape index (κ2) is 8.72. The van der Waals surface area contributed by atoms with Crippen LogP contribution >= 0.6 is 0 Å². The molecule has 2 aromatic carbocycles. The van der Waals surface area contributed by atoms with Crippen molar-refractivity contribution >= 4 is 17.2 Å². The van der Waals surface area contributed by atoms with Gasteiger partial charge in [0.25, 0.3) is 0 Å². The number of carbonyl (C=O) groups is 1. The van der Waals surface area contributed by atoms with Gasteiger partial charge in [-0.3, -0.25) is 4.98 Å². The monoisotopic (exact) mass is 389 g/mol. The van der Waals surface area contributed by atoms with Gasteiger partial charge in [-0.2, -0.15) is 0 Å². The summed E-state index contributed by atoms with van der Waals surface area (Å²) in [5.41, 5.74) is 10.9. The van der Waals surface area contributed by atoms with Gasteiger partial charge in [-0.1, -0.05) is 30.3 Å². The summed E-state index contributed by atoms with van der Waals surface area (Å²) in [6, 6.07) is 16.5. The molecule has 1 fully saturated rings. The number of pyridine rings is 1. The molecule has 0 amide bonds. The zero-order chi connectivity index (χ0) is 20.2. The number of ether oxygens (including phenoxy) is 1. The molecule has 3 aromatic rings. The number of hydrogen-bond acceptors (Lipinski definition) is 5. The lowest BCUT2D eigenvalue weighted by atomic mass is 9.97. The maximum Gasteiger partial charge on any atom is 0.121 e. The van der Waals surface area contributed by atoms with E-state index in [2.05, 4.69) is 47.1 Å². The molecule has 1 aliphatic rings. The van der Waals surface area contributed by atoms with Gasteiger partial charge >= 0.3 is 0 Å². The SMILES string of the molecule is Cc1c(-c2ccc(OC3CCN(CCC=O)CC3N)cc2)ccc2cccnc12. The number of likely N-dealkylation sites (tertiary alicyclic amines) is 1. The highest BCUT2D eigenvalue weighted by molar-refractivity contribution is 5.88. The van der Waals surface area contributed by atoms with E-state index in [0.717, 1.165) is 54.6 Å². The number of benzene rings is 2. The molecule has 5 heteroatoms. The first kappa shape index (κ1) is 19.6. The summed E-state index contributed by atoms with van der Waals surface area (Å²) in [6.07, 6.45) is 4.23. The van der Waals surface area contributed by atoms with E-state index in [0.29, 0.717) is 6.42 Å². The third-order valence-electron chi connectivity index (χ3n) is 5.72. The van der Waals surface area contributed by atoms with Crippen molar-refractivity contribution in [2.75, 3.05) is 19.6 Å². The number of hydrogen-bond donors (Lipinski definition) is 1. The number of carbonyl (C=O) groups excluding carboxylic acids is 1. The first-order valence-corrected chi connectivity index (χ1v) is 10.2. The first-order valence-electron chi connectivity index (χ1n) is 10.2. The maximum absolute atomic E-state index is 10.6. The van der Waals surface area contributed by atoms with Crippen LogP contribution in [0.5, 0.6) is 5.75 Å². The Morgan fingerprint density at radius 3 is 2.79 bits per heavy atom. The number of nitrogens with two attached hydrogens (primary N) is 1. The van der Waals surface area contributed by atoms with Gasteiger partial charge in [0, 0.05) is 37.6 Å². The molecule has 0 radical (unpaired) electrons. The van der Waals surface area contributed by atoms with E-state index in [1.807, 2.05) is 24.4 Å². The zero-order valence-electron chi connectivity index (χ0n) is 16.8. The highest BCUT2D eigenvalue weighted by Gasteiger charge is 2.27. The topological polar surface area (TPSA) is 68.5 Å². The van der Waals surface area contributed by atoms with Gasteiger partial charge in [0.05, 0.1) is 11.6 Å². The number of fused-ring (bicyclic) bond motifs is 1. The lowest BCUT2D eigenvalue weighted by Crippen LogP contribution is -2.53. The molecule has 150 valence electrons. The molecule has 1 saturated heterocycles. The number of aryl methyl sites for hydroxylation is 1. The predicted octanol–water partition coefficient (Wildman–Crippen LogP) is 3.58. The fraction of sp³-hybridized carbons (Fsp3) is 0.333. The smallest absolute Gasteiger partial charge is 0.121 e. The molecule has 5 nitrogen and oxygen atoms in total. The number of aldehydes is 1. The average Bonchev–Trinajstić information content (AvgIpc) is 2.75. The molecule has 4 rings (SSSR count). The van der Waals surface area contributed by atoms with Crippen LogP contribution < -0.4 is 10.5 Å². The molecule has 0 aliphatic carbocycles. The number of piperidine rings is 1. The van der Waals surface area contributed by atoms with Crippen LogP contribution in [0.4, 0.5) is 0 Å². The second-order valence-corrected chi connectivity index (χ2v) is 7.70. The van der Waals surface area contributed by atoms with Gasteiger partial charge in [-0.25, -0.2) is 0 Å². The highest BCUT2D eigenvalue weighted by atomic mass is 16.5. The standard InChI is InChI=1S/C24H27N3O2/c1-17-21(10-7-19-4-2-12-26-24(17)19)18-5-8-20(9-6-18)29-23-11-14-27(13-3-15-28)16-22(23)25/h2,4-10,12,15,22-23H,3,11,13-14,16,25H2,1H3. The Morgan fingerprint density at radius 2 is 2.03 bits per heavy atom. The molecule has 2 atom stereocenters. The zero-order valence-corrected chi connectivity index (χ0v) is 16.8. The van der Waals surface area contributed by atoms with E-state index in [1.165, 1.54) is 11.1 Å². The summed E-state index contributed by atoms with van der Waals surface area (Å²) in [5, 5.41) is 1.15. The predicted molar refractivity (Wildman–Crippen MR) is 116 cm³/mol. The molecular formula is C24H27N3O2. The third-order valence-corrected chi connectivity index (χ3v) is 5.72. The van der Waals surface area contributed by atoms with Crippen molar-refractivity contribution in [2.45, 2.75) is 31.9 Å². The minimum Gasteiger partial charge on any atom is -0.489 e. The van der Waals surface area contributed by atoms with E-state index in [4.69, 9.17) is 10.5 Å². The van der Waals surface area contributed by atoms with Crippen molar-refractivity contribution in [3.05, 3.63) is 60.3 Å². The van der Waals surface area contributed by atoms with Crippen molar-refractivity contribution < 1.29 is 9.53 Å². The summed E-state index contributed by atoms with van der Waals surface area (Å²) >= 11 is 0. The van der Waals surface area contributed by atoms with E-state index in [-0.39, 0.29) is 12.1 Å². The van der Waals surface area contributed by atoms with Crippen molar-refractivity contribution in [3.63, 3.8) is 0 Å². The van der Waals surface area contributed by atoms with Crippen LogP contribution in [0.1, 0.15) is 18.4 Å². The Balaban J connectivity index is 1.45. The molecule has 2 heterocycles. The van der Waals surface area contributed by atoms with Gasteiger partial charge in [0.1, 0.15) is 18.1 Å². The summed E-state index contributed by atoms with van der Waals surface area (Å²) in [6.45, 7) is 4.57. The van der Waals surface area contributed by atoms with E-state index in [1.54, 1.807) is 0 Å². The normalized spacial score (nSPS) is 19.9. The van der Waals surface area contributed by atoms with Crippen LogP contribution in [0.2, 0.25) is 0 Å². The molecule has 2 unspecified atom stereocenters. The van der Waals surface area contributed by atoms with E-state index in [9.17, 15) is 4.79 Å². The van der Waals surface area contributed by atoms with Crippen molar-refractivity contribution in [1.29, 1.82) is 0 Å². The van der Waals surface area contributed by atoms with Crippen LogP contribution in [0.15, 0.2) is 54.7 Å². The number of nitrogens with zero attached hydrogens (tertiary/aromatic N) is 2. The Bertz CT molecular complexity index is 987. The van der Waals surface area contributed by atoms with Crippen LogP contribution in [-0.2, 0) is 4.79 Å². The van der Waals surface area contributed by atoms with Gasteiger partial charge in [0.2, 0.25) is 0 Å². The largest absolute Gasteiger partial charge is 0.489 e. The molecule has 29 heavy (non-hydrogen) atoms. The summed E-state index contributed by atoms with van der Waals surface area (Å²) < 4.78 is 6.18. The second-order valence-electron chi connectivity index (χ2n) is 7.70. The summed E-state index contributed by atoms with van der Waals surface area (Å²) in [5.74, 6) is 0.840. The molecule has 0 bridgehead atoms. The molecule has 0 saturated carbocycles. The van der Waals surface area contributed by atoms with Gasteiger partial charge < -0.3 is 20.2 Å². The minimum absolute atomic E-state index is 0.0000591. The lowest BCUT2D eigenvalue weighted by Gasteiger charge is -2.36. The van der Waals surface area contributed by atoms with Gasteiger partial charge in [-0.15, -0.1) is 0 Å². The Labute approximate surface area is 171 Å². The molecule has 1 aromatic heterocycles. The third kappa shape index (κ3) is 4.31. The average molecular weight is 389 g/mol. The van der Waals surface area contributed by atoms with Gasteiger partial charge in [0.15, 0.2) is 0 Å². The van der Waals surface area contributed by atoms with Crippen molar-refractivity contribution in [3.8, 4) is 16.9 Å². The van der Waals surface area contributed by atoms with Crippen LogP contribution in [-0.4, -0.2) is 48.0 Å². The molecule has 0 spiro atoms. The minimum atomic E-state index is -0.0520. The fourth-order valence-corrected chi connectivity index (χ4v) is 4.11. The van der Waals surface area contributed by atoms with E-state index < -0.39 is 0 Å². The molecule has 1 aliphatic heterocycles. The Hall–Kier alpha value is -2.76. The van der Waals surface area contributed by atoms with Crippen LogP contribution in [0, 0.1) is 6.92 Å². The lowest BCUT2D eigenvalue weighted by molar-refractivity contribution is -0.108. The van der Waals surface area contributed by atoms with Crippen LogP contribution in [0.25, 0.3) is 22.0 Å². The maximum atomic E-state index is 10.6. The fourth-order valence-electron chi connectivity index (χ4n) is 4.11. The van der Waals surface area contributed by atoms with Crippen molar-refractivity contribution in [2.24, 2.45) is 5.73 Å². The summed E-state index contributed by atoms with van der Waals surface area (Å²) in [4.78, 5) is 17.3. The van der Waals surface area contributed by atoms with E-state index >= 15 is 0 Å². The van der Waals surface area contributed by atoms with Gasteiger partial charge in [-0.05, 0) is 48.2 Å². The quantitative estimate of drug-likeness (QED) is 0.653. The Kier molecular flexibility index (Phi) is 5.88. The first-order chi connectivity index (χ1) is 14.2. The molecule has 2 N–H and O–H groups in total. The number of rotatable bonds is 6. The number of aromatic nitrogens is 1. The van der Waals surface area contributed by atoms with Crippen LogP contribution in [0.3, 0.4) is 0 Å². The highest BCUT2D eigenvalue weighted by Crippen LogP contribution is 2.30. The summed E-state index contributed by atoms with van der Waals surface area (Å²) in [7, 11) is 0. The van der Waals surface area contributed by atoms with Crippen molar-refractivity contribution in [1.82, 2.24) is 9.88 Å².